The number of carbonyl (C=O) groups is 1. The number of amides is 1. The van der Waals surface area contributed by atoms with Crippen molar-refractivity contribution >= 4 is 5.91 Å². The van der Waals surface area contributed by atoms with Gasteiger partial charge in [-0.2, -0.15) is 5.26 Å². The summed E-state index contributed by atoms with van der Waals surface area (Å²) in [5.74, 6) is 0.156. The molecule has 1 unspecified atom stereocenters. The fourth-order valence-electron chi connectivity index (χ4n) is 2.03. The predicted octanol–water partition coefficient (Wildman–Crippen LogP) is 1.39. The molecule has 0 saturated carbocycles. The monoisotopic (exact) mass is 229 g/mol. The van der Waals surface area contributed by atoms with Crippen molar-refractivity contribution in [2.75, 3.05) is 13.1 Å². The lowest BCUT2D eigenvalue weighted by atomic mass is 9.99. The second-order valence-electron chi connectivity index (χ2n) is 4.28. The van der Waals surface area contributed by atoms with Gasteiger partial charge in [-0.25, -0.2) is 0 Å². The molecule has 4 heteroatoms. The Balaban J connectivity index is 1.90. The molecular formula is C13H15N3O. The van der Waals surface area contributed by atoms with E-state index in [1.54, 1.807) is 11.1 Å². The number of nitrogens with zero attached hydrogens (tertiary/aromatic N) is 3. The van der Waals surface area contributed by atoms with Crippen LogP contribution in [-0.2, 0) is 11.2 Å². The van der Waals surface area contributed by atoms with E-state index in [9.17, 15) is 4.79 Å². The number of nitriles is 1. The average Bonchev–Trinajstić information content (AvgIpc) is 2.39. The fraction of sp³-hybridized carbons (Fsp3) is 0.462. The molecule has 0 aromatic carbocycles. The average molecular weight is 229 g/mol. The Morgan fingerprint density at radius 1 is 1.53 bits per heavy atom. The lowest BCUT2D eigenvalue weighted by molar-refractivity contribution is -0.134. The molecule has 1 saturated heterocycles. The molecule has 1 fully saturated rings. The highest BCUT2D eigenvalue weighted by molar-refractivity contribution is 5.77. The van der Waals surface area contributed by atoms with E-state index in [4.69, 9.17) is 5.26 Å². The number of aromatic nitrogens is 1. The molecule has 2 rings (SSSR count). The number of carbonyl (C=O) groups excluding carboxylic acids is 1. The van der Waals surface area contributed by atoms with Crippen LogP contribution in [-0.4, -0.2) is 28.9 Å². The van der Waals surface area contributed by atoms with Crippen LogP contribution in [0, 0.1) is 17.2 Å². The maximum absolute atomic E-state index is 11.7. The van der Waals surface area contributed by atoms with Crippen molar-refractivity contribution in [1.29, 1.82) is 5.26 Å². The van der Waals surface area contributed by atoms with Gasteiger partial charge in [-0.3, -0.25) is 9.78 Å². The molecule has 1 atom stereocenters. The smallest absolute Gasteiger partial charge is 0.222 e. The molecule has 17 heavy (non-hydrogen) atoms. The minimum atomic E-state index is -0.00330. The molecule has 0 N–H and O–H groups in total. The topological polar surface area (TPSA) is 57.0 Å². The van der Waals surface area contributed by atoms with E-state index >= 15 is 0 Å². The van der Waals surface area contributed by atoms with Gasteiger partial charge in [0.05, 0.1) is 12.0 Å². The Hall–Kier alpha value is -1.89. The molecule has 1 aromatic heterocycles. The first-order chi connectivity index (χ1) is 8.29. The van der Waals surface area contributed by atoms with Crippen LogP contribution in [0.25, 0.3) is 0 Å². The first-order valence-electron chi connectivity index (χ1n) is 5.87. The number of rotatable bonds is 3. The van der Waals surface area contributed by atoms with Gasteiger partial charge >= 0.3 is 0 Å². The third kappa shape index (κ3) is 3.04. The van der Waals surface area contributed by atoms with Crippen LogP contribution in [0.2, 0.25) is 0 Å². The molecule has 1 aliphatic rings. The molecule has 0 aliphatic carbocycles. The highest BCUT2D eigenvalue weighted by Crippen LogP contribution is 2.16. The Morgan fingerprint density at radius 3 is 3.12 bits per heavy atom. The van der Waals surface area contributed by atoms with Gasteiger partial charge in [-0.1, -0.05) is 6.07 Å². The van der Waals surface area contributed by atoms with Crippen LogP contribution in [0.3, 0.4) is 0 Å². The van der Waals surface area contributed by atoms with Crippen molar-refractivity contribution < 1.29 is 4.79 Å². The van der Waals surface area contributed by atoms with E-state index in [1.807, 2.05) is 18.2 Å². The van der Waals surface area contributed by atoms with E-state index in [1.165, 1.54) is 0 Å². The first kappa shape index (κ1) is 11.6. The summed E-state index contributed by atoms with van der Waals surface area (Å²) in [4.78, 5) is 17.7. The second-order valence-corrected chi connectivity index (χ2v) is 4.28. The summed E-state index contributed by atoms with van der Waals surface area (Å²) in [6.07, 6.45) is 3.71. The summed E-state index contributed by atoms with van der Waals surface area (Å²) in [7, 11) is 0. The van der Waals surface area contributed by atoms with Crippen LogP contribution >= 0.6 is 0 Å². The summed E-state index contributed by atoms with van der Waals surface area (Å²) in [5.41, 5.74) is 0.986. The number of hydrogen-bond donors (Lipinski definition) is 0. The zero-order chi connectivity index (χ0) is 12.1. The Kier molecular flexibility index (Phi) is 3.71. The lowest BCUT2D eigenvalue weighted by Gasteiger charge is -2.29. The molecule has 1 aliphatic heterocycles. The third-order valence-corrected chi connectivity index (χ3v) is 3.05. The maximum atomic E-state index is 11.7. The van der Waals surface area contributed by atoms with Crippen molar-refractivity contribution in [2.24, 2.45) is 5.92 Å². The minimum Gasteiger partial charge on any atom is -0.341 e. The summed E-state index contributed by atoms with van der Waals surface area (Å²) in [5, 5.41) is 8.88. The van der Waals surface area contributed by atoms with Gasteiger partial charge in [-0.05, 0) is 18.6 Å². The van der Waals surface area contributed by atoms with Crippen molar-refractivity contribution in [2.45, 2.75) is 19.3 Å². The normalized spacial score (nSPS) is 20.1. The molecule has 1 amide bonds. The molecule has 0 radical (unpaired) electrons. The zero-order valence-electron chi connectivity index (χ0n) is 9.67. The van der Waals surface area contributed by atoms with Crippen LogP contribution in [0.15, 0.2) is 24.4 Å². The number of pyridine rings is 1. The Bertz CT molecular complexity index is 424. The molecule has 0 spiro atoms. The molecule has 2 heterocycles. The van der Waals surface area contributed by atoms with Crippen molar-refractivity contribution in [3.63, 3.8) is 0 Å². The summed E-state index contributed by atoms with van der Waals surface area (Å²) in [6.45, 7) is 1.23. The predicted molar refractivity (Wildman–Crippen MR) is 62.9 cm³/mol. The second kappa shape index (κ2) is 5.44. The van der Waals surface area contributed by atoms with Gasteiger partial charge in [0.25, 0.3) is 0 Å². The molecule has 4 nitrogen and oxygen atoms in total. The summed E-state index contributed by atoms with van der Waals surface area (Å²) >= 11 is 0. The van der Waals surface area contributed by atoms with Gasteiger partial charge in [0.2, 0.25) is 5.91 Å². The van der Waals surface area contributed by atoms with Gasteiger partial charge in [0, 0.05) is 37.8 Å². The zero-order valence-corrected chi connectivity index (χ0v) is 9.67. The highest BCUT2D eigenvalue weighted by atomic mass is 16.2. The van der Waals surface area contributed by atoms with Crippen LogP contribution in [0.5, 0.6) is 0 Å². The van der Waals surface area contributed by atoms with Gasteiger partial charge in [-0.15, -0.1) is 0 Å². The summed E-state index contributed by atoms with van der Waals surface area (Å²) < 4.78 is 0. The SMILES string of the molecule is N#CC1CCC(=O)N(CCc2ccccn2)C1. The van der Waals surface area contributed by atoms with Gasteiger partial charge in [0.1, 0.15) is 0 Å². The third-order valence-electron chi connectivity index (χ3n) is 3.05. The fourth-order valence-corrected chi connectivity index (χ4v) is 2.03. The first-order valence-corrected chi connectivity index (χ1v) is 5.87. The quantitative estimate of drug-likeness (QED) is 0.787. The lowest BCUT2D eigenvalue weighted by Crippen LogP contribution is -2.40. The van der Waals surface area contributed by atoms with E-state index in [0.717, 1.165) is 12.1 Å². The van der Waals surface area contributed by atoms with E-state index in [2.05, 4.69) is 11.1 Å². The summed E-state index contributed by atoms with van der Waals surface area (Å²) in [6, 6.07) is 8.02. The van der Waals surface area contributed by atoms with E-state index < -0.39 is 0 Å². The Labute approximate surface area is 101 Å². The van der Waals surface area contributed by atoms with Crippen LogP contribution in [0.1, 0.15) is 18.5 Å². The van der Waals surface area contributed by atoms with Crippen LogP contribution < -0.4 is 0 Å². The number of piperidine rings is 1. The number of hydrogen-bond acceptors (Lipinski definition) is 3. The molecule has 0 bridgehead atoms. The molecule has 88 valence electrons. The minimum absolute atomic E-state index is 0.00330. The van der Waals surface area contributed by atoms with Gasteiger partial charge in [0.15, 0.2) is 0 Å². The highest BCUT2D eigenvalue weighted by Gasteiger charge is 2.24. The largest absolute Gasteiger partial charge is 0.341 e. The van der Waals surface area contributed by atoms with Crippen molar-refractivity contribution in [1.82, 2.24) is 9.88 Å². The van der Waals surface area contributed by atoms with Crippen LogP contribution in [0.4, 0.5) is 0 Å². The number of likely N-dealkylation sites (tertiary alicyclic amines) is 1. The van der Waals surface area contributed by atoms with Crippen molar-refractivity contribution in [3.8, 4) is 6.07 Å². The maximum Gasteiger partial charge on any atom is 0.222 e. The Morgan fingerprint density at radius 2 is 2.41 bits per heavy atom. The van der Waals surface area contributed by atoms with Crippen molar-refractivity contribution in [3.05, 3.63) is 30.1 Å². The van der Waals surface area contributed by atoms with Gasteiger partial charge < -0.3 is 4.90 Å². The molecule has 1 aromatic rings. The molecular weight excluding hydrogens is 214 g/mol. The standard InChI is InChI=1S/C13H15N3O/c14-9-11-4-5-13(17)16(10-11)8-6-12-3-1-2-7-15-12/h1-3,7,11H,4-6,8,10H2. The van der Waals surface area contributed by atoms with E-state index in [-0.39, 0.29) is 11.8 Å². The van der Waals surface area contributed by atoms with E-state index in [0.29, 0.717) is 25.9 Å².